The molecule has 0 bridgehead atoms. The van der Waals surface area contributed by atoms with Gasteiger partial charge in [-0.05, 0) is 91.0 Å². The van der Waals surface area contributed by atoms with Gasteiger partial charge in [-0.15, -0.1) is 0 Å². The van der Waals surface area contributed by atoms with Gasteiger partial charge in [-0.1, -0.05) is 94.2 Å². The van der Waals surface area contributed by atoms with Gasteiger partial charge in [0.1, 0.15) is 16.7 Å². The van der Waals surface area contributed by atoms with Crippen molar-refractivity contribution in [3.05, 3.63) is 69.7 Å². The van der Waals surface area contributed by atoms with E-state index in [1.54, 1.807) is 0 Å². The lowest BCUT2D eigenvalue weighted by atomic mass is 9.74. The van der Waals surface area contributed by atoms with E-state index in [0.29, 0.717) is 17.9 Å². The Bertz CT molecular complexity index is 867. The number of halogens is 3. The fourth-order valence-electron chi connectivity index (χ4n) is 6.47. The Kier molecular flexibility index (Phi) is 9.46. The quantitative estimate of drug-likeness (QED) is 0.309. The highest BCUT2D eigenvalue weighted by Crippen LogP contribution is 2.40. The molecule has 0 aliphatic heterocycles. The summed E-state index contributed by atoms with van der Waals surface area (Å²) in [6.45, 7) is 2.33. The summed E-state index contributed by atoms with van der Waals surface area (Å²) in [7, 11) is 0. The van der Waals surface area contributed by atoms with E-state index in [4.69, 9.17) is 11.6 Å². The lowest BCUT2D eigenvalue weighted by Crippen LogP contribution is -2.17. The Labute approximate surface area is 210 Å². The summed E-state index contributed by atoms with van der Waals surface area (Å²) in [5.41, 5.74) is 3.32. The molecular formula is C31H41ClF2. The molecule has 0 aromatic heterocycles. The van der Waals surface area contributed by atoms with Gasteiger partial charge in [0, 0.05) is 0 Å². The van der Waals surface area contributed by atoms with E-state index in [0.717, 1.165) is 24.2 Å². The SMILES string of the molecule is CCCC1CCC(CCC2CCC(c3ccc(CCc4cc(F)c(Cl)c(F)c4)cc3)CC2)CC1. The maximum atomic E-state index is 13.7. The van der Waals surface area contributed by atoms with E-state index in [1.165, 1.54) is 100 Å². The molecule has 4 rings (SSSR count). The van der Waals surface area contributed by atoms with Crippen LogP contribution in [0.4, 0.5) is 8.78 Å². The molecule has 0 atom stereocenters. The first-order chi connectivity index (χ1) is 16.5. The Balaban J connectivity index is 1.18. The standard InChI is InChI=1S/C31H41ClF2/c1-2-3-22-4-6-23(7-5-22)8-9-24-12-16-27(17-13-24)28-18-14-25(15-19-28)10-11-26-20-29(33)31(32)30(34)21-26/h14-15,18-24,27H,2-13,16-17H2,1H3. The van der Waals surface area contributed by atoms with Gasteiger partial charge in [0.15, 0.2) is 0 Å². The topological polar surface area (TPSA) is 0 Å². The molecule has 34 heavy (non-hydrogen) atoms. The average Bonchev–Trinajstić information content (AvgIpc) is 2.86. The van der Waals surface area contributed by atoms with Crippen LogP contribution in [-0.4, -0.2) is 0 Å². The Morgan fingerprint density at radius 2 is 1.15 bits per heavy atom. The molecule has 0 nitrogen and oxygen atoms in total. The maximum absolute atomic E-state index is 13.7. The van der Waals surface area contributed by atoms with Crippen molar-refractivity contribution in [3.8, 4) is 0 Å². The largest absolute Gasteiger partial charge is 0.205 e. The minimum Gasteiger partial charge on any atom is -0.205 e. The Hall–Kier alpha value is -1.41. The lowest BCUT2D eigenvalue weighted by Gasteiger charge is -2.32. The van der Waals surface area contributed by atoms with Crippen LogP contribution < -0.4 is 0 Å². The predicted octanol–water partition coefficient (Wildman–Crippen LogP) is 10.1. The van der Waals surface area contributed by atoms with Crippen molar-refractivity contribution in [1.82, 2.24) is 0 Å². The van der Waals surface area contributed by atoms with Crippen LogP contribution in [0.1, 0.15) is 107 Å². The smallest absolute Gasteiger partial charge is 0.145 e. The van der Waals surface area contributed by atoms with Gasteiger partial charge < -0.3 is 0 Å². The third-order valence-electron chi connectivity index (χ3n) is 8.69. The lowest BCUT2D eigenvalue weighted by molar-refractivity contribution is 0.224. The number of rotatable bonds is 9. The van der Waals surface area contributed by atoms with E-state index in [9.17, 15) is 8.78 Å². The zero-order valence-electron chi connectivity index (χ0n) is 20.8. The first-order valence-corrected chi connectivity index (χ1v) is 14.1. The summed E-state index contributed by atoms with van der Waals surface area (Å²) in [5, 5.41) is -0.419. The molecule has 2 saturated carbocycles. The van der Waals surface area contributed by atoms with Crippen molar-refractivity contribution in [2.75, 3.05) is 0 Å². The van der Waals surface area contributed by atoms with Crippen LogP contribution in [0.15, 0.2) is 36.4 Å². The van der Waals surface area contributed by atoms with Gasteiger partial charge in [0.25, 0.3) is 0 Å². The second kappa shape index (κ2) is 12.5. The van der Waals surface area contributed by atoms with E-state index in [2.05, 4.69) is 31.2 Å². The van der Waals surface area contributed by atoms with Crippen molar-refractivity contribution >= 4 is 11.6 Å². The zero-order chi connectivity index (χ0) is 23.9. The fourth-order valence-corrected chi connectivity index (χ4v) is 6.58. The van der Waals surface area contributed by atoms with Gasteiger partial charge >= 0.3 is 0 Å². The number of hydrogen-bond acceptors (Lipinski definition) is 0. The molecule has 2 aliphatic rings. The van der Waals surface area contributed by atoms with E-state index < -0.39 is 16.7 Å². The predicted molar refractivity (Wildman–Crippen MR) is 140 cm³/mol. The molecule has 2 aromatic carbocycles. The molecule has 0 unspecified atom stereocenters. The molecule has 0 heterocycles. The van der Waals surface area contributed by atoms with Gasteiger partial charge in [-0.3, -0.25) is 0 Å². The van der Waals surface area contributed by atoms with Crippen molar-refractivity contribution in [2.45, 2.75) is 103 Å². The molecule has 3 heteroatoms. The maximum Gasteiger partial charge on any atom is 0.145 e. The molecule has 186 valence electrons. The highest BCUT2D eigenvalue weighted by atomic mass is 35.5. The molecular weight excluding hydrogens is 446 g/mol. The van der Waals surface area contributed by atoms with Crippen LogP contribution in [0.2, 0.25) is 5.02 Å². The van der Waals surface area contributed by atoms with E-state index >= 15 is 0 Å². The summed E-state index contributed by atoms with van der Waals surface area (Å²) in [6, 6.07) is 11.6. The summed E-state index contributed by atoms with van der Waals surface area (Å²) in [6.07, 6.45) is 18.4. The monoisotopic (exact) mass is 486 g/mol. The van der Waals surface area contributed by atoms with Crippen molar-refractivity contribution in [3.63, 3.8) is 0 Å². The third kappa shape index (κ3) is 7.06. The molecule has 0 saturated heterocycles. The second-order valence-electron chi connectivity index (χ2n) is 11.1. The summed E-state index contributed by atoms with van der Waals surface area (Å²) >= 11 is 5.58. The normalized spacial score (nSPS) is 25.4. The average molecular weight is 487 g/mol. The highest BCUT2D eigenvalue weighted by Gasteiger charge is 2.25. The van der Waals surface area contributed by atoms with Crippen LogP contribution in [0, 0.1) is 29.4 Å². The number of hydrogen-bond donors (Lipinski definition) is 0. The van der Waals surface area contributed by atoms with Crippen molar-refractivity contribution in [1.29, 1.82) is 0 Å². The van der Waals surface area contributed by atoms with Crippen LogP contribution in [-0.2, 0) is 12.8 Å². The van der Waals surface area contributed by atoms with Gasteiger partial charge in [-0.25, -0.2) is 8.78 Å². The molecule has 2 aliphatic carbocycles. The van der Waals surface area contributed by atoms with E-state index in [1.807, 2.05) is 0 Å². The molecule has 0 amide bonds. The van der Waals surface area contributed by atoms with Crippen LogP contribution in [0.25, 0.3) is 0 Å². The third-order valence-corrected chi connectivity index (χ3v) is 9.05. The number of aryl methyl sites for hydroxylation is 2. The Morgan fingerprint density at radius 3 is 1.68 bits per heavy atom. The minimum atomic E-state index is -0.679. The second-order valence-corrected chi connectivity index (χ2v) is 11.5. The highest BCUT2D eigenvalue weighted by molar-refractivity contribution is 6.30. The summed E-state index contributed by atoms with van der Waals surface area (Å²) in [4.78, 5) is 0. The first kappa shape index (κ1) is 25.7. The van der Waals surface area contributed by atoms with Crippen LogP contribution in [0.3, 0.4) is 0 Å². The molecule has 0 N–H and O–H groups in total. The molecule has 0 spiro atoms. The van der Waals surface area contributed by atoms with Gasteiger partial charge in [0.05, 0.1) is 0 Å². The molecule has 2 aromatic rings. The van der Waals surface area contributed by atoms with Crippen LogP contribution >= 0.6 is 11.6 Å². The fraction of sp³-hybridized carbons (Fsp3) is 0.613. The summed E-state index contributed by atoms with van der Waals surface area (Å²) < 4.78 is 27.3. The van der Waals surface area contributed by atoms with Gasteiger partial charge in [-0.2, -0.15) is 0 Å². The van der Waals surface area contributed by atoms with E-state index in [-0.39, 0.29) is 0 Å². The van der Waals surface area contributed by atoms with Crippen LogP contribution in [0.5, 0.6) is 0 Å². The minimum absolute atomic E-state index is 0.419. The first-order valence-electron chi connectivity index (χ1n) is 13.7. The van der Waals surface area contributed by atoms with Crippen molar-refractivity contribution in [2.24, 2.45) is 17.8 Å². The summed E-state index contributed by atoms with van der Waals surface area (Å²) in [5.74, 6) is 2.29. The molecule has 2 fully saturated rings. The van der Waals surface area contributed by atoms with Crippen molar-refractivity contribution < 1.29 is 8.78 Å². The van der Waals surface area contributed by atoms with Gasteiger partial charge in [0.2, 0.25) is 0 Å². The number of benzene rings is 2. The zero-order valence-corrected chi connectivity index (χ0v) is 21.6. The Morgan fingerprint density at radius 1 is 0.676 bits per heavy atom. The molecule has 0 radical (unpaired) electrons.